The van der Waals surface area contributed by atoms with Gasteiger partial charge in [0.15, 0.2) is 12.0 Å². The monoisotopic (exact) mass is 281 g/mol. The summed E-state index contributed by atoms with van der Waals surface area (Å²) in [6.07, 6.45) is 0.642. The molecule has 0 N–H and O–H groups in total. The molecule has 100 valence electrons. The molecule has 0 amide bonds. The third-order valence-electron chi connectivity index (χ3n) is 2.57. The lowest BCUT2D eigenvalue weighted by Gasteiger charge is -2.08. The Morgan fingerprint density at radius 1 is 1.42 bits per heavy atom. The first-order valence-corrected chi connectivity index (χ1v) is 5.81. The Morgan fingerprint density at radius 2 is 2.21 bits per heavy atom. The first kappa shape index (κ1) is 13.5. The lowest BCUT2D eigenvalue weighted by molar-refractivity contribution is 0.111. The number of nitrogens with zero attached hydrogens (tertiary/aromatic N) is 3. The predicted molar refractivity (Wildman–Crippen MR) is 69.0 cm³/mol. The van der Waals surface area contributed by atoms with Gasteiger partial charge in [-0.15, -0.1) is 5.10 Å². The molecular formula is C12H12ClN3O3. The van der Waals surface area contributed by atoms with E-state index in [2.05, 4.69) is 10.3 Å². The summed E-state index contributed by atoms with van der Waals surface area (Å²) in [6.45, 7) is 0.227. The van der Waals surface area contributed by atoms with Gasteiger partial charge in [-0.2, -0.15) is 0 Å². The van der Waals surface area contributed by atoms with Gasteiger partial charge in [-0.1, -0.05) is 16.8 Å². The Hall–Kier alpha value is -1.92. The zero-order valence-corrected chi connectivity index (χ0v) is 11.2. The third-order valence-corrected chi connectivity index (χ3v) is 2.86. The van der Waals surface area contributed by atoms with Crippen LogP contribution in [0.4, 0.5) is 0 Å². The molecule has 0 aliphatic heterocycles. The fourth-order valence-corrected chi connectivity index (χ4v) is 1.92. The van der Waals surface area contributed by atoms with Crippen LogP contribution in [0.5, 0.6) is 5.75 Å². The number of carbonyl (C=O) groups excluding carboxylic acids is 1. The van der Waals surface area contributed by atoms with Crippen molar-refractivity contribution in [1.29, 1.82) is 0 Å². The summed E-state index contributed by atoms with van der Waals surface area (Å²) in [5.74, 6) is 0.564. The number of methoxy groups -OCH3 is 2. The van der Waals surface area contributed by atoms with Gasteiger partial charge in [0.25, 0.3) is 0 Å². The van der Waals surface area contributed by atoms with Crippen molar-refractivity contribution >= 4 is 17.9 Å². The lowest BCUT2D eigenvalue weighted by atomic mass is 10.2. The van der Waals surface area contributed by atoms with Gasteiger partial charge in [0.05, 0.1) is 24.4 Å². The van der Waals surface area contributed by atoms with Crippen molar-refractivity contribution < 1.29 is 14.3 Å². The number of ether oxygens (including phenoxy) is 2. The van der Waals surface area contributed by atoms with E-state index in [1.807, 2.05) is 0 Å². The molecule has 0 spiro atoms. The third kappa shape index (κ3) is 2.59. The topological polar surface area (TPSA) is 66.2 Å². The molecule has 19 heavy (non-hydrogen) atoms. The molecule has 0 saturated carbocycles. The molecule has 0 unspecified atom stereocenters. The first-order valence-electron chi connectivity index (χ1n) is 5.44. The number of halogens is 1. The Bertz CT molecular complexity index is 598. The van der Waals surface area contributed by atoms with E-state index in [1.54, 1.807) is 18.2 Å². The number of rotatable bonds is 5. The minimum atomic E-state index is 0.227. The number of hydrogen-bond acceptors (Lipinski definition) is 5. The fourth-order valence-electron chi connectivity index (χ4n) is 1.67. The van der Waals surface area contributed by atoms with Gasteiger partial charge in [-0.05, 0) is 18.2 Å². The zero-order chi connectivity index (χ0) is 13.8. The van der Waals surface area contributed by atoms with Crippen LogP contribution in [0, 0.1) is 0 Å². The van der Waals surface area contributed by atoms with Crippen LogP contribution in [-0.4, -0.2) is 35.5 Å². The van der Waals surface area contributed by atoms with E-state index in [-0.39, 0.29) is 12.3 Å². The highest BCUT2D eigenvalue weighted by Gasteiger charge is 2.14. The Balaban J connectivity index is 2.49. The van der Waals surface area contributed by atoms with Gasteiger partial charge >= 0.3 is 0 Å². The smallest absolute Gasteiger partial charge is 0.172 e. The number of benzene rings is 1. The summed E-state index contributed by atoms with van der Waals surface area (Å²) < 4.78 is 11.6. The molecule has 0 bridgehead atoms. The number of aromatic nitrogens is 3. The van der Waals surface area contributed by atoms with Gasteiger partial charge in [-0.25, -0.2) is 4.68 Å². The minimum absolute atomic E-state index is 0.227. The molecule has 0 saturated heterocycles. The number of aldehydes is 1. The highest BCUT2D eigenvalue weighted by atomic mass is 35.5. The second kappa shape index (κ2) is 5.81. The standard InChI is InChI=1S/C12H12ClN3O3/c1-18-7-11-10(6-17)14-15-16(11)8-3-4-12(19-2)9(13)5-8/h3-6H,7H2,1-2H3. The van der Waals surface area contributed by atoms with Gasteiger partial charge < -0.3 is 9.47 Å². The van der Waals surface area contributed by atoms with Crippen molar-refractivity contribution in [3.05, 3.63) is 34.6 Å². The predicted octanol–water partition coefficient (Wildman–Crippen LogP) is 1.89. The van der Waals surface area contributed by atoms with Crippen LogP contribution in [0.3, 0.4) is 0 Å². The van der Waals surface area contributed by atoms with Gasteiger partial charge in [0, 0.05) is 7.11 Å². The van der Waals surface area contributed by atoms with Crippen LogP contribution in [-0.2, 0) is 11.3 Å². The van der Waals surface area contributed by atoms with Crippen molar-refractivity contribution in [1.82, 2.24) is 15.0 Å². The maximum Gasteiger partial charge on any atom is 0.172 e. The summed E-state index contributed by atoms with van der Waals surface area (Å²) in [5, 5.41) is 8.17. The van der Waals surface area contributed by atoms with Crippen molar-refractivity contribution in [2.24, 2.45) is 0 Å². The van der Waals surface area contributed by atoms with E-state index in [9.17, 15) is 4.79 Å². The molecule has 0 radical (unpaired) electrons. The Morgan fingerprint density at radius 3 is 2.79 bits per heavy atom. The van der Waals surface area contributed by atoms with Crippen molar-refractivity contribution in [2.75, 3.05) is 14.2 Å². The molecule has 0 fully saturated rings. The van der Waals surface area contributed by atoms with E-state index in [0.717, 1.165) is 0 Å². The van der Waals surface area contributed by atoms with Crippen LogP contribution in [0.1, 0.15) is 16.2 Å². The van der Waals surface area contributed by atoms with Gasteiger partial charge in [0.2, 0.25) is 0 Å². The normalized spacial score (nSPS) is 10.5. The molecule has 2 aromatic rings. The summed E-state index contributed by atoms with van der Waals surface area (Å²) in [7, 11) is 3.07. The second-order valence-electron chi connectivity index (χ2n) is 3.70. The molecule has 6 nitrogen and oxygen atoms in total. The zero-order valence-electron chi connectivity index (χ0n) is 10.5. The molecular weight excluding hydrogens is 270 g/mol. The maximum atomic E-state index is 10.9. The molecule has 0 aliphatic rings. The van der Waals surface area contributed by atoms with Crippen molar-refractivity contribution in [2.45, 2.75) is 6.61 Å². The quantitative estimate of drug-likeness (QED) is 0.783. The van der Waals surface area contributed by atoms with E-state index >= 15 is 0 Å². The summed E-state index contributed by atoms with van der Waals surface area (Å²) in [6, 6.07) is 5.17. The van der Waals surface area contributed by atoms with Crippen LogP contribution < -0.4 is 4.74 Å². The van der Waals surface area contributed by atoms with Crippen LogP contribution in [0.2, 0.25) is 5.02 Å². The molecule has 2 rings (SSSR count). The number of hydrogen-bond donors (Lipinski definition) is 0. The summed E-state index contributed by atoms with van der Waals surface area (Å²) >= 11 is 6.06. The average molecular weight is 282 g/mol. The highest BCUT2D eigenvalue weighted by molar-refractivity contribution is 6.32. The van der Waals surface area contributed by atoms with E-state index in [1.165, 1.54) is 18.9 Å². The van der Waals surface area contributed by atoms with E-state index in [0.29, 0.717) is 28.4 Å². The Kier molecular flexibility index (Phi) is 4.13. The summed E-state index contributed by atoms with van der Waals surface area (Å²) in [4.78, 5) is 10.9. The van der Waals surface area contributed by atoms with Crippen molar-refractivity contribution in [3.8, 4) is 11.4 Å². The fraction of sp³-hybridized carbons (Fsp3) is 0.250. The molecule has 1 heterocycles. The van der Waals surface area contributed by atoms with Crippen molar-refractivity contribution in [3.63, 3.8) is 0 Å². The SMILES string of the molecule is COCc1c(C=O)nnn1-c1ccc(OC)c(Cl)c1. The van der Waals surface area contributed by atoms with E-state index < -0.39 is 0 Å². The Labute approximate surface area is 114 Å². The minimum Gasteiger partial charge on any atom is -0.495 e. The maximum absolute atomic E-state index is 10.9. The second-order valence-corrected chi connectivity index (χ2v) is 4.11. The molecule has 1 aromatic carbocycles. The van der Waals surface area contributed by atoms with Crippen LogP contribution in [0.25, 0.3) is 5.69 Å². The first-order chi connectivity index (χ1) is 9.21. The highest BCUT2D eigenvalue weighted by Crippen LogP contribution is 2.27. The largest absolute Gasteiger partial charge is 0.495 e. The molecule has 0 aliphatic carbocycles. The van der Waals surface area contributed by atoms with E-state index in [4.69, 9.17) is 21.1 Å². The summed E-state index contributed by atoms with van der Waals surface area (Å²) in [5.41, 5.74) is 1.49. The van der Waals surface area contributed by atoms with Gasteiger partial charge in [0.1, 0.15) is 11.4 Å². The lowest BCUT2D eigenvalue weighted by Crippen LogP contribution is -2.05. The molecule has 0 atom stereocenters. The average Bonchev–Trinajstić information content (AvgIpc) is 2.82. The molecule has 7 heteroatoms. The number of carbonyl (C=O) groups is 1. The van der Waals surface area contributed by atoms with Crippen LogP contribution in [0.15, 0.2) is 18.2 Å². The van der Waals surface area contributed by atoms with Crippen LogP contribution >= 0.6 is 11.6 Å². The molecule has 1 aromatic heterocycles. The van der Waals surface area contributed by atoms with Gasteiger partial charge in [-0.3, -0.25) is 4.79 Å².